The van der Waals surface area contributed by atoms with Gasteiger partial charge in [0.1, 0.15) is 6.42 Å². The molecule has 1 aliphatic rings. The minimum Gasteiger partial charge on any atom is -0.449 e. The number of Topliss-reactive ketones (excluding diaryl/α,β-unsaturated/α-hetero) is 1. The third-order valence-corrected chi connectivity index (χ3v) is 1.96. The molecule has 0 aromatic heterocycles. The Kier molecular flexibility index (Phi) is 1.85. The van der Waals surface area contributed by atoms with Crippen molar-refractivity contribution >= 4 is 11.8 Å². The predicted molar refractivity (Wildman–Crippen MR) is 44.9 cm³/mol. The first-order chi connectivity index (χ1) is 6.27. The molecule has 1 aromatic carbocycles. The van der Waals surface area contributed by atoms with Gasteiger partial charge in [0.25, 0.3) is 0 Å². The summed E-state index contributed by atoms with van der Waals surface area (Å²) >= 11 is 0. The fourth-order valence-electron chi connectivity index (χ4n) is 1.36. The van der Waals surface area contributed by atoms with E-state index in [1.807, 2.05) is 18.2 Å². The van der Waals surface area contributed by atoms with Gasteiger partial charge in [-0.05, 0) is 5.56 Å². The largest absolute Gasteiger partial charge is 0.449 e. The number of esters is 1. The first-order valence-corrected chi connectivity index (χ1v) is 4.04. The lowest BCUT2D eigenvalue weighted by molar-refractivity contribution is -0.142. The lowest BCUT2D eigenvalue weighted by atomic mass is 10.1. The zero-order chi connectivity index (χ0) is 9.26. The first-order valence-electron chi connectivity index (χ1n) is 4.04. The smallest absolute Gasteiger partial charge is 0.314 e. The number of carbonyl (C=O) groups excluding carboxylic acids is 2. The lowest BCUT2D eigenvalue weighted by Crippen LogP contribution is -2.05. The van der Waals surface area contributed by atoms with E-state index in [4.69, 9.17) is 4.74 Å². The average Bonchev–Trinajstić information content (AvgIpc) is 2.47. The van der Waals surface area contributed by atoms with Crippen LogP contribution in [0.25, 0.3) is 0 Å². The number of ketones is 1. The minimum absolute atomic E-state index is 0.0977. The van der Waals surface area contributed by atoms with Gasteiger partial charge in [-0.2, -0.15) is 0 Å². The Morgan fingerprint density at radius 2 is 1.85 bits per heavy atom. The third-order valence-electron chi connectivity index (χ3n) is 1.96. The molecule has 0 radical (unpaired) electrons. The van der Waals surface area contributed by atoms with E-state index in [1.165, 1.54) is 0 Å². The van der Waals surface area contributed by atoms with E-state index in [-0.39, 0.29) is 12.2 Å². The summed E-state index contributed by atoms with van der Waals surface area (Å²) in [5.74, 6) is -0.588. The van der Waals surface area contributed by atoms with Crippen molar-refractivity contribution in [3.63, 3.8) is 0 Å². The van der Waals surface area contributed by atoms with E-state index in [2.05, 4.69) is 0 Å². The fraction of sp³-hybridized carbons (Fsp3) is 0.200. The molecule has 0 aliphatic carbocycles. The summed E-state index contributed by atoms with van der Waals surface area (Å²) in [4.78, 5) is 22.0. The van der Waals surface area contributed by atoms with Crippen molar-refractivity contribution in [3.8, 4) is 0 Å². The van der Waals surface area contributed by atoms with Gasteiger partial charge >= 0.3 is 5.97 Å². The van der Waals surface area contributed by atoms with E-state index < -0.39 is 12.1 Å². The Balaban J connectivity index is 2.28. The van der Waals surface area contributed by atoms with Gasteiger partial charge in [0.2, 0.25) is 0 Å². The van der Waals surface area contributed by atoms with Gasteiger partial charge in [0.05, 0.1) is 0 Å². The van der Waals surface area contributed by atoms with Gasteiger partial charge < -0.3 is 4.74 Å². The number of hydrogen-bond donors (Lipinski definition) is 0. The molecule has 1 saturated heterocycles. The third kappa shape index (κ3) is 1.45. The van der Waals surface area contributed by atoms with Crippen LogP contribution in [-0.4, -0.2) is 11.8 Å². The summed E-state index contributed by atoms with van der Waals surface area (Å²) in [5, 5.41) is 0. The monoisotopic (exact) mass is 176 g/mol. The van der Waals surface area contributed by atoms with E-state index in [1.54, 1.807) is 12.1 Å². The summed E-state index contributed by atoms with van der Waals surface area (Å²) in [6, 6.07) is 9.04. The Morgan fingerprint density at radius 3 is 2.38 bits per heavy atom. The fourth-order valence-corrected chi connectivity index (χ4v) is 1.36. The standard InChI is InChI=1S/C10H8O3/c11-8-6-9(12)13-10(8)7-4-2-1-3-5-7/h1-5,10H,6H2. The van der Waals surface area contributed by atoms with Gasteiger partial charge in [-0.15, -0.1) is 0 Å². The van der Waals surface area contributed by atoms with Gasteiger partial charge in [-0.1, -0.05) is 30.3 Å². The van der Waals surface area contributed by atoms with Crippen molar-refractivity contribution in [2.75, 3.05) is 0 Å². The van der Waals surface area contributed by atoms with Crippen LogP contribution in [0.4, 0.5) is 0 Å². The topological polar surface area (TPSA) is 43.4 Å². The molecule has 1 aliphatic heterocycles. The quantitative estimate of drug-likeness (QED) is 0.477. The van der Waals surface area contributed by atoms with Crippen molar-refractivity contribution in [1.29, 1.82) is 0 Å². The maximum Gasteiger partial charge on any atom is 0.314 e. The van der Waals surface area contributed by atoms with E-state index in [0.29, 0.717) is 0 Å². The van der Waals surface area contributed by atoms with Crippen molar-refractivity contribution in [2.24, 2.45) is 0 Å². The first kappa shape index (κ1) is 7.98. The molecule has 3 nitrogen and oxygen atoms in total. The zero-order valence-electron chi connectivity index (χ0n) is 6.90. The maximum absolute atomic E-state index is 11.2. The number of carbonyl (C=O) groups is 2. The normalized spacial score (nSPS) is 21.7. The Morgan fingerprint density at radius 1 is 1.15 bits per heavy atom. The molecule has 1 fully saturated rings. The molecule has 0 spiro atoms. The maximum atomic E-state index is 11.2. The number of hydrogen-bond acceptors (Lipinski definition) is 3. The average molecular weight is 176 g/mol. The van der Waals surface area contributed by atoms with Crippen molar-refractivity contribution in [3.05, 3.63) is 35.9 Å². The molecule has 66 valence electrons. The van der Waals surface area contributed by atoms with Gasteiger partial charge in [0.15, 0.2) is 11.9 Å². The minimum atomic E-state index is -0.673. The van der Waals surface area contributed by atoms with E-state index >= 15 is 0 Å². The molecule has 13 heavy (non-hydrogen) atoms. The Labute approximate surface area is 75.3 Å². The lowest BCUT2D eigenvalue weighted by Gasteiger charge is -2.06. The Bertz CT molecular complexity index is 342. The number of ether oxygens (including phenoxy) is 1. The van der Waals surface area contributed by atoms with E-state index in [9.17, 15) is 9.59 Å². The number of rotatable bonds is 1. The van der Waals surface area contributed by atoms with Crippen LogP contribution in [0.2, 0.25) is 0 Å². The highest BCUT2D eigenvalue weighted by Gasteiger charge is 2.33. The van der Waals surface area contributed by atoms with Crippen LogP contribution in [0.5, 0.6) is 0 Å². The van der Waals surface area contributed by atoms with Crippen LogP contribution in [0.3, 0.4) is 0 Å². The van der Waals surface area contributed by atoms with Crippen LogP contribution >= 0.6 is 0 Å². The molecule has 0 N–H and O–H groups in total. The molecule has 1 aromatic rings. The molecular weight excluding hydrogens is 168 g/mol. The summed E-state index contributed by atoms with van der Waals surface area (Å²) in [6.07, 6.45) is -0.770. The summed E-state index contributed by atoms with van der Waals surface area (Å²) in [7, 11) is 0. The predicted octanol–water partition coefficient (Wildman–Crippen LogP) is 1.24. The van der Waals surface area contributed by atoms with Gasteiger partial charge in [-0.25, -0.2) is 0 Å². The van der Waals surface area contributed by atoms with E-state index in [0.717, 1.165) is 5.56 Å². The molecule has 1 heterocycles. The molecule has 0 amide bonds. The number of cyclic esters (lactones) is 1. The van der Waals surface area contributed by atoms with Crippen molar-refractivity contribution in [1.82, 2.24) is 0 Å². The number of benzene rings is 1. The summed E-state index contributed by atoms with van der Waals surface area (Å²) in [6.45, 7) is 0. The van der Waals surface area contributed by atoms with Crippen molar-refractivity contribution < 1.29 is 14.3 Å². The highest BCUT2D eigenvalue weighted by Crippen LogP contribution is 2.25. The molecule has 1 atom stereocenters. The second kappa shape index (κ2) is 3.01. The van der Waals surface area contributed by atoms with Crippen LogP contribution in [-0.2, 0) is 14.3 Å². The van der Waals surface area contributed by atoms with Crippen LogP contribution < -0.4 is 0 Å². The summed E-state index contributed by atoms with van der Waals surface area (Å²) in [5.41, 5.74) is 0.748. The highest BCUT2D eigenvalue weighted by atomic mass is 16.6. The summed E-state index contributed by atoms with van der Waals surface area (Å²) < 4.78 is 4.87. The van der Waals surface area contributed by atoms with Gasteiger partial charge in [-0.3, -0.25) is 9.59 Å². The highest BCUT2D eigenvalue weighted by molar-refractivity contribution is 6.03. The van der Waals surface area contributed by atoms with Crippen LogP contribution in [0.1, 0.15) is 18.1 Å². The SMILES string of the molecule is O=C1CC(=O)C(c2ccccc2)O1. The molecule has 0 saturated carbocycles. The van der Waals surface area contributed by atoms with Crippen LogP contribution in [0.15, 0.2) is 30.3 Å². The molecule has 0 bridgehead atoms. The van der Waals surface area contributed by atoms with Crippen LogP contribution in [0, 0.1) is 0 Å². The molecular formula is C10H8O3. The second-order valence-electron chi connectivity index (χ2n) is 2.92. The second-order valence-corrected chi connectivity index (χ2v) is 2.92. The zero-order valence-corrected chi connectivity index (χ0v) is 6.90. The molecule has 2 rings (SSSR count). The molecule has 1 unspecified atom stereocenters. The molecule has 3 heteroatoms. The van der Waals surface area contributed by atoms with Crippen molar-refractivity contribution in [2.45, 2.75) is 12.5 Å². The van der Waals surface area contributed by atoms with Gasteiger partial charge in [0, 0.05) is 0 Å². The Hall–Kier alpha value is -1.64.